The Hall–Kier alpha value is -0.0800. The second kappa shape index (κ2) is 7.79. The molecule has 1 heterocycles. The molecule has 2 heteroatoms. The summed E-state index contributed by atoms with van der Waals surface area (Å²) >= 11 is 0. The van der Waals surface area contributed by atoms with Crippen molar-refractivity contribution in [3.05, 3.63) is 0 Å². The Bertz CT molecular complexity index is 269. The predicted octanol–water partition coefficient (Wildman–Crippen LogP) is 3.77. The number of nitrogens with zero attached hydrogens (tertiary/aromatic N) is 1. The van der Waals surface area contributed by atoms with E-state index in [1.165, 1.54) is 51.7 Å². The molecule has 20 heavy (non-hydrogen) atoms. The zero-order valence-electron chi connectivity index (χ0n) is 14.2. The molecular weight excluding hydrogens is 244 g/mol. The Morgan fingerprint density at radius 3 is 2.30 bits per heavy atom. The summed E-state index contributed by atoms with van der Waals surface area (Å²) in [5, 5.41) is 3.76. The monoisotopic (exact) mass is 280 g/mol. The van der Waals surface area contributed by atoms with Crippen LogP contribution < -0.4 is 5.32 Å². The topological polar surface area (TPSA) is 15.3 Å². The lowest BCUT2D eigenvalue weighted by molar-refractivity contribution is 0.0872. The second-order valence-corrected chi connectivity index (χ2v) is 7.68. The summed E-state index contributed by atoms with van der Waals surface area (Å²) in [7, 11) is 0. The van der Waals surface area contributed by atoms with Crippen LogP contribution in [0.2, 0.25) is 0 Å². The summed E-state index contributed by atoms with van der Waals surface area (Å²) in [4.78, 5) is 2.77. The summed E-state index contributed by atoms with van der Waals surface area (Å²) in [5.41, 5.74) is 0. The molecule has 1 N–H and O–H groups in total. The molecule has 1 aliphatic heterocycles. The van der Waals surface area contributed by atoms with Gasteiger partial charge in [-0.2, -0.15) is 0 Å². The van der Waals surface area contributed by atoms with E-state index >= 15 is 0 Å². The third-order valence-corrected chi connectivity index (χ3v) is 5.57. The molecule has 2 nitrogen and oxygen atoms in total. The maximum atomic E-state index is 3.76. The van der Waals surface area contributed by atoms with Gasteiger partial charge in [0.15, 0.2) is 0 Å². The molecule has 1 saturated carbocycles. The van der Waals surface area contributed by atoms with Crippen molar-refractivity contribution in [2.45, 2.75) is 65.8 Å². The first-order valence-corrected chi connectivity index (χ1v) is 9.08. The van der Waals surface area contributed by atoms with Gasteiger partial charge in [0.05, 0.1) is 0 Å². The number of hydrogen-bond donors (Lipinski definition) is 1. The first-order valence-electron chi connectivity index (χ1n) is 9.08. The van der Waals surface area contributed by atoms with Crippen LogP contribution in [0.5, 0.6) is 0 Å². The van der Waals surface area contributed by atoms with Crippen molar-refractivity contribution in [2.75, 3.05) is 26.2 Å². The fraction of sp³-hybridized carbons (Fsp3) is 1.00. The Morgan fingerprint density at radius 2 is 1.70 bits per heavy atom. The van der Waals surface area contributed by atoms with E-state index in [4.69, 9.17) is 0 Å². The highest BCUT2D eigenvalue weighted by Crippen LogP contribution is 2.33. The van der Waals surface area contributed by atoms with Crippen LogP contribution in [-0.4, -0.2) is 37.1 Å². The van der Waals surface area contributed by atoms with Crippen LogP contribution in [0.3, 0.4) is 0 Å². The van der Waals surface area contributed by atoms with E-state index < -0.39 is 0 Å². The van der Waals surface area contributed by atoms with Crippen LogP contribution in [0.4, 0.5) is 0 Å². The maximum Gasteiger partial charge on any atom is 0.0108 e. The van der Waals surface area contributed by atoms with E-state index in [1.807, 2.05) is 0 Å². The predicted molar refractivity (Wildman–Crippen MR) is 88.0 cm³/mol. The van der Waals surface area contributed by atoms with Crippen LogP contribution >= 0.6 is 0 Å². The van der Waals surface area contributed by atoms with Crippen molar-refractivity contribution in [3.8, 4) is 0 Å². The van der Waals surface area contributed by atoms with E-state index in [1.54, 1.807) is 0 Å². The van der Waals surface area contributed by atoms with Gasteiger partial charge in [-0.25, -0.2) is 0 Å². The first-order chi connectivity index (χ1) is 9.62. The summed E-state index contributed by atoms with van der Waals surface area (Å²) in [5.74, 6) is 3.64. The fourth-order valence-corrected chi connectivity index (χ4v) is 4.74. The standard InChI is InChI=1S/C18H36N2/c1-5-16-7-8-18(19-6-2)17(10-16)13-20-11-14(3)9-15(4)12-20/h14-19H,5-13H2,1-4H3. The molecular formula is C18H36N2. The van der Waals surface area contributed by atoms with E-state index in [0.717, 1.165) is 36.3 Å². The minimum absolute atomic E-state index is 0.773. The average Bonchev–Trinajstić information content (AvgIpc) is 2.40. The van der Waals surface area contributed by atoms with E-state index in [-0.39, 0.29) is 0 Å². The molecule has 0 aromatic heterocycles. The van der Waals surface area contributed by atoms with Crippen molar-refractivity contribution < 1.29 is 0 Å². The number of piperidine rings is 1. The molecule has 5 unspecified atom stereocenters. The Kier molecular flexibility index (Phi) is 6.35. The fourth-order valence-electron chi connectivity index (χ4n) is 4.74. The molecule has 5 atom stereocenters. The average molecular weight is 280 g/mol. The number of hydrogen-bond acceptors (Lipinski definition) is 2. The lowest BCUT2D eigenvalue weighted by Crippen LogP contribution is -2.48. The van der Waals surface area contributed by atoms with Gasteiger partial charge in [-0.15, -0.1) is 0 Å². The number of rotatable bonds is 5. The summed E-state index contributed by atoms with van der Waals surface area (Å²) in [6, 6.07) is 0.773. The van der Waals surface area contributed by atoms with Crippen molar-refractivity contribution in [1.82, 2.24) is 10.2 Å². The van der Waals surface area contributed by atoms with Gasteiger partial charge < -0.3 is 10.2 Å². The largest absolute Gasteiger partial charge is 0.314 e. The molecule has 1 saturated heterocycles. The molecule has 0 aromatic carbocycles. The van der Waals surface area contributed by atoms with Crippen LogP contribution in [0.25, 0.3) is 0 Å². The van der Waals surface area contributed by atoms with E-state index in [9.17, 15) is 0 Å². The lowest BCUT2D eigenvalue weighted by atomic mass is 9.76. The third kappa shape index (κ3) is 4.46. The van der Waals surface area contributed by atoms with Gasteiger partial charge in [0.1, 0.15) is 0 Å². The summed E-state index contributed by atoms with van der Waals surface area (Å²) in [6.45, 7) is 14.6. The maximum absolute atomic E-state index is 3.76. The molecule has 2 aliphatic rings. The second-order valence-electron chi connectivity index (χ2n) is 7.68. The lowest BCUT2D eigenvalue weighted by Gasteiger charge is -2.42. The van der Waals surface area contributed by atoms with Gasteiger partial charge in [0, 0.05) is 25.7 Å². The van der Waals surface area contributed by atoms with Gasteiger partial charge in [-0.05, 0) is 55.9 Å². The zero-order valence-corrected chi connectivity index (χ0v) is 14.2. The van der Waals surface area contributed by atoms with Gasteiger partial charge in [-0.1, -0.05) is 34.1 Å². The van der Waals surface area contributed by atoms with Gasteiger partial charge in [0.25, 0.3) is 0 Å². The molecule has 0 radical (unpaired) electrons. The Labute approximate surface area is 126 Å². The summed E-state index contributed by atoms with van der Waals surface area (Å²) < 4.78 is 0. The highest BCUT2D eigenvalue weighted by atomic mass is 15.1. The van der Waals surface area contributed by atoms with Crippen LogP contribution in [0.15, 0.2) is 0 Å². The Morgan fingerprint density at radius 1 is 1.00 bits per heavy atom. The summed E-state index contributed by atoms with van der Waals surface area (Å²) in [6.07, 6.45) is 7.10. The zero-order chi connectivity index (χ0) is 14.5. The van der Waals surface area contributed by atoms with Crippen molar-refractivity contribution >= 4 is 0 Å². The van der Waals surface area contributed by atoms with E-state index in [0.29, 0.717) is 0 Å². The quantitative estimate of drug-likeness (QED) is 0.824. The number of nitrogens with one attached hydrogen (secondary N) is 1. The molecule has 2 fully saturated rings. The minimum atomic E-state index is 0.773. The van der Waals surface area contributed by atoms with Gasteiger partial charge in [-0.3, -0.25) is 0 Å². The molecule has 118 valence electrons. The third-order valence-electron chi connectivity index (χ3n) is 5.57. The first kappa shape index (κ1) is 16.3. The Balaban J connectivity index is 1.92. The van der Waals surface area contributed by atoms with Crippen LogP contribution in [0.1, 0.15) is 59.8 Å². The van der Waals surface area contributed by atoms with Crippen molar-refractivity contribution in [2.24, 2.45) is 23.7 Å². The molecule has 2 rings (SSSR count). The van der Waals surface area contributed by atoms with Crippen LogP contribution in [0, 0.1) is 23.7 Å². The molecule has 0 amide bonds. The molecule has 0 bridgehead atoms. The van der Waals surface area contributed by atoms with Crippen molar-refractivity contribution in [1.29, 1.82) is 0 Å². The minimum Gasteiger partial charge on any atom is -0.314 e. The van der Waals surface area contributed by atoms with E-state index in [2.05, 4.69) is 37.9 Å². The normalized spacial score (nSPS) is 39.9. The van der Waals surface area contributed by atoms with Crippen LogP contribution in [-0.2, 0) is 0 Å². The molecule has 0 aromatic rings. The molecule has 0 spiro atoms. The number of likely N-dealkylation sites (tertiary alicyclic amines) is 1. The van der Waals surface area contributed by atoms with Gasteiger partial charge in [0.2, 0.25) is 0 Å². The SMILES string of the molecule is CCNC1CCC(CC)CC1CN1CC(C)CC(C)C1. The highest BCUT2D eigenvalue weighted by Gasteiger charge is 2.32. The smallest absolute Gasteiger partial charge is 0.0108 e. The van der Waals surface area contributed by atoms with Gasteiger partial charge >= 0.3 is 0 Å². The highest BCUT2D eigenvalue weighted by molar-refractivity contribution is 4.87. The van der Waals surface area contributed by atoms with Crippen molar-refractivity contribution in [3.63, 3.8) is 0 Å². The molecule has 1 aliphatic carbocycles.